The largest absolute Gasteiger partial charge is 0.321 e. The van der Waals surface area contributed by atoms with Crippen LogP contribution in [-0.4, -0.2) is 25.1 Å². The van der Waals surface area contributed by atoms with Gasteiger partial charge in [-0.2, -0.15) is 0 Å². The molecule has 5 nitrogen and oxygen atoms in total. The van der Waals surface area contributed by atoms with E-state index in [-0.39, 0.29) is 16.3 Å². The maximum Gasteiger partial charge on any atom is 0.274 e. The second kappa shape index (κ2) is 6.24. The Morgan fingerprint density at radius 3 is 2.48 bits per heavy atom. The van der Waals surface area contributed by atoms with Crippen LogP contribution in [-0.2, 0) is 9.84 Å². The van der Waals surface area contributed by atoms with Crippen LogP contribution in [0.1, 0.15) is 17.4 Å². The summed E-state index contributed by atoms with van der Waals surface area (Å²) in [6.45, 7) is 1.58. The summed E-state index contributed by atoms with van der Waals surface area (Å²) in [4.78, 5) is 16.1. The molecule has 0 saturated carbocycles. The molecule has 7 heteroatoms. The Kier molecular flexibility index (Phi) is 4.59. The van der Waals surface area contributed by atoms with Gasteiger partial charge >= 0.3 is 0 Å². The van der Waals surface area contributed by atoms with E-state index < -0.39 is 15.7 Å². The summed E-state index contributed by atoms with van der Waals surface area (Å²) in [5.74, 6) is -0.380. The lowest BCUT2D eigenvalue weighted by Gasteiger charge is -2.06. The van der Waals surface area contributed by atoms with Crippen molar-refractivity contribution in [2.75, 3.05) is 11.1 Å². The zero-order valence-corrected chi connectivity index (χ0v) is 12.8. The zero-order valence-electron chi connectivity index (χ0n) is 11.2. The Labute approximate surface area is 127 Å². The molecule has 0 atom stereocenters. The van der Waals surface area contributed by atoms with Crippen molar-refractivity contribution in [2.45, 2.75) is 11.8 Å². The molecule has 0 unspecified atom stereocenters. The Bertz CT molecular complexity index is 758. The SMILES string of the molecule is CCS(=O)(=O)c1ccc(NC(=O)c2cc(Cl)ccn2)cc1. The van der Waals surface area contributed by atoms with Gasteiger partial charge in [0.2, 0.25) is 0 Å². The molecule has 21 heavy (non-hydrogen) atoms. The smallest absolute Gasteiger partial charge is 0.274 e. The van der Waals surface area contributed by atoms with Gasteiger partial charge in [0, 0.05) is 16.9 Å². The molecule has 1 aromatic heterocycles. The third-order valence-electron chi connectivity index (χ3n) is 2.81. The van der Waals surface area contributed by atoms with Gasteiger partial charge in [-0.25, -0.2) is 8.42 Å². The van der Waals surface area contributed by atoms with E-state index in [1.165, 1.54) is 36.5 Å². The summed E-state index contributed by atoms with van der Waals surface area (Å²) in [5.41, 5.74) is 0.671. The number of carbonyl (C=O) groups excluding carboxylic acids is 1. The number of carbonyl (C=O) groups is 1. The number of aromatic nitrogens is 1. The number of halogens is 1. The number of hydrogen-bond acceptors (Lipinski definition) is 4. The van der Waals surface area contributed by atoms with Crippen molar-refractivity contribution < 1.29 is 13.2 Å². The number of nitrogens with zero attached hydrogens (tertiary/aromatic N) is 1. The minimum absolute atomic E-state index is 0.0329. The number of amides is 1. The Morgan fingerprint density at radius 2 is 1.90 bits per heavy atom. The van der Waals surface area contributed by atoms with Crippen molar-refractivity contribution in [3.05, 3.63) is 53.3 Å². The maximum absolute atomic E-state index is 12.0. The van der Waals surface area contributed by atoms with Crippen LogP contribution in [0.15, 0.2) is 47.5 Å². The average molecular weight is 325 g/mol. The number of sulfone groups is 1. The van der Waals surface area contributed by atoms with Crippen molar-refractivity contribution >= 4 is 33.0 Å². The van der Waals surface area contributed by atoms with Crippen LogP contribution in [0.3, 0.4) is 0 Å². The highest BCUT2D eigenvalue weighted by atomic mass is 35.5. The highest BCUT2D eigenvalue weighted by Crippen LogP contribution is 2.16. The van der Waals surface area contributed by atoms with Crippen LogP contribution in [0.4, 0.5) is 5.69 Å². The predicted molar refractivity (Wildman–Crippen MR) is 81.4 cm³/mol. The average Bonchev–Trinajstić information content (AvgIpc) is 2.48. The minimum Gasteiger partial charge on any atom is -0.321 e. The number of hydrogen-bond donors (Lipinski definition) is 1. The molecule has 0 saturated heterocycles. The molecule has 1 amide bonds. The molecule has 110 valence electrons. The van der Waals surface area contributed by atoms with E-state index in [9.17, 15) is 13.2 Å². The lowest BCUT2D eigenvalue weighted by Crippen LogP contribution is -2.13. The first kappa shape index (κ1) is 15.5. The van der Waals surface area contributed by atoms with Gasteiger partial charge in [0.15, 0.2) is 9.84 Å². The summed E-state index contributed by atoms with van der Waals surface area (Å²) >= 11 is 5.79. The molecule has 0 aliphatic carbocycles. The predicted octanol–water partition coefficient (Wildman–Crippen LogP) is 2.78. The van der Waals surface area contributed by atoms with E-state index >= 15 is 0 Å². The van der Waals surface area contributed by atoms with Gasteiger partial charge in [-0.05, 0) is 36.4 Å². The van der Waals surface area contributed by atoms with Crippen molar-refractivity contribution in [3.8, 4) is 0 Å². The first-order chi connectivity index (χ1) is 9.92. The van der Waals surface area contributed by atoms with Crippen LogP contribution in [0.2, 0.25) is 5.02 Å². The molecular formula is C14H13ClN2O3S. The van der Waals surface area contributed by atoms with E-state index in [1.807, 2.05) is 0 Å². The van der Waals surface area contributed by atoms with E-state index in [2.05, 4.69) is 10.3 Å². The second-order valence-corrected chi connectivity index (χ2v) is 6.96. The van der Waals surface area contributed by atoms with Gasteiger partial charge in [0.25, 0.3) is 5.91 Å². The molecule has 0 aliphatic heterocycles. The molecule has 0 fully saturated rings. The summed E-state index contributed by atoms with van der Waals surface area (Å²) in [7, 11) is -3.24. The highest BCUT2D eigenvalue weighted by molar-refractivity contribution is 7.91. The third kappa shape index (κ3) is 3.80. The molecule has 1 heterocycles. The standard InChI is InChI=1S/C14H13ClN2O3S/c1-2-21(19,20)12-5-3-11(4-6-12)17-14(18)13-9-10(15)7-8-16-13/h3-9H,2H2,1H3,(H,17,18). The molecule has 2 rings (SSSR count). The fourth-order valence-electron chi connectivity index (χ4n) is 1.64. The molecule has 0 radical (unpaired) electrons. The molecule has 0 bridgehead atoms. The Hall–Kier alpha value is -1.92. The zero-order chi connectivity index (χ0) is 15.5. The van der Waals surface area contributed by atoms with Crippen molar-refractivity contribution in [3.63, 3.8) is 0 Å². The number of nitrogens with one attached hydrogen (secondary N) is 1. The lowest BCUT2D eigenvalue weighted by molar-refractivity contribution is 0.102. The summed E-state index contributed by atoms with van der Waals surface area (Å²) in [6.07, 6.45) is 1.44. The van der Waals surface area contributed by atoms with E-state index in [0.29, 0.717) is 10.7 Å². The van der Waals surface area contributed by atoms with E-state index in [0.717, 1.165) is 0 Å². The first-order valence-electron chi connectivity index (χ1n) is 6.18. The van der Waals surface area contributed by atoms with Gasteiger partial charge in [-0.15, -0.1) is 0 Å². The van der Waals surface area contributed by atoms with Gasteiger partial charge in [-0.3, -0.25) is 9.78 Å². The van der Waals surface area contributed by atoms with E-state index in [4.69, 9.17) is 11.6 Å². The fourth-order valence-corrected chi connectivity index (χ4v) is 2.68. The summed E-state index contributed by atoms with van der Waals surface area (Å²) in [5, 5.41) is 3.04. The Morgan fingerprint density at radius 1 is 1.24 bits per heavy atom. The van der Waals surface area contributed by atoms with Crippen molar-refractivity contribution in [1.82, 2.24) is 4.98 Å². The summed E-state index contributed by atoms with van der Waals surface area (Å²) < 4.78 is 23.4. The molecule has 1 aromatic carbocycles. The number of rotatable bonds is 4. The fraction of sp³-hybridized carbons (Fsp3) is 0.143. The molecule has 1 N–H and O–H groups in total. The quantitative estimate of drug-likeness (QED) is 0.938. The monoisotopic (exact) mass is 324 g/mol. The van der Waals surface area contributed by atoms with Crippen LogP contribution < -0.4 is 5.32 Å². The van der Waals surface area contributed by atoms with E-state index in [1.54, 1.807) is 13.0 Å². The maximum atomic E-state index is 12.0. The van der Waals surface area contributed by atoms with Crippen molar-refractivity contribution in [1.29, 1.82) is 0 Å². The minimum atomic E-state index is -3.24. The second-order valence-electron chi connectivity index (χ2n) is 4.24. The number of anilines is 1. The molecule has 0 aliphatic rings. The number of benzene rings is 1. The van der Waals surface area contributed by atoms with Gasteiger partial charge < -0.3 is 5.32 Å². The topological polar surface area (TPSA) is 76.1 Å². The number of pyridine rings is 1. The molecule has 2 aromatic rings. The van der Waals surface area contributed by atoms with Crippen LogP contribution in [0.5, 0.6) is 0 Å². The van der Waals surface area contributed by atoms with Crippen LogP contribution >= 0.6 is 11.6 Å². The molecule has 0 spiro atoms. The van der Waals surface area contributed by atoms with Crippen LogP contribution in [0.25, 0.3) is 0 Å². The van der Waals surface area contributed by atoms with Gasteiger partial charge in [0.1, 0.15) is 5.69 Å². The first-order valence-corrected chi connectivity index (χ1v) is 8.21. The van der Waals surface area contributed by atoms with Gasteiger partial charge in [-0.1, -0.05) is 18.5 Å². The third-order valence-corrected chi connectivity index (χ3v) is 4.79. The van der Waals surface area contributed by atoms with Crippen molar-refractivity contribution in [2.24, 2.45) is 0 Å². The van der Waals surface area contributed by atoms with Gasteiger partial charge in [0.05, 0.1) is 10.6 Å². The summed E-state index contributed by atoms with van der Waals surface area (Å²) in [6, 6.07) is 9.01. The molecular weight excluding hydrogens is 312 g/mol. The lowest BCUT2D eigenvalue weighted by atomic mass is 10.3. The Balaban J connectivity index is 2.16. The van der Waals surface area contributed by atoms with Crippen LogP contribution in [0, 0.1) is 0 Å². The normalized spacial score (nSPS) is 11.1. The highest BCUT2D eigenvalue weighted by Gasteiger charge is 2.12.